The summed E-state index contributed by atoms with van der Waals surface area (Å²) in [7, 11) is 0. The summed E-state index contributed by atoms with van der Waals surface area (Å²) in [6.07, 6.45) is 1.64. The molecule has 1 N–H and O–H groups in total. The van der Waals surface area contributed by atoms with Crippen LogP contribution in [0.1, 0.15) is 16.1 Å². The fourth-order valence-electron chi connectivity index (χ4n) is 2.68. The zero-order valence-corrected chi connectivity index (χ0v) is 15.3. The average molecular weight is 411 g/mol. The molecular weight excluding hydrogens is 395 g/mol. The molecule has 0 bridgehead atoms. The Morgan fingerprint density at radius 2 is 2.11 bits per heavy atom. The molecular formula is C18H16F3N3O3S. The molecule has 148 valence electrons. The van der Waals surface area contributed by atoms with Crippen LogP contribution >= 0.6 is 11.3 Å². The Balaban J connectivity index is 1.82. The maximum Gasteiger partial charge on any atom is 0.416 e. The molecule has 3 rings (SSSR count). The van der Waals surface area contributed by atoms with Crippen molar-refractivity contribution in [3.8, 4) is 0 Å². The first-order valence-corrected chi connectivity index (χ1v) is 9.03. The number of halogens is 3. The number of thiazole rings is 1. The van der Waals surface area contributed by atoms with E-state index < -0.39 is 29.7 Å². The molecule has 0 spiro atoms. The SMILES string of the molecule is O=C(OCc1cccc(C(F)(F)F)c1)C(CO)(Cn1ccnc1)c1nccs1. The van der Waals surface area contributed by atoms with E-state index in [1.165, 1.54) is 42.2 Å². The number of aliphatic hydroxyl groups is 1. The van der Waals surface area contributed by atoms with E-state index in [9.17, 15) is 23.1 Å². The normalized spacial score (nSPS) is 13.9. The van der Waals surface area contributed by atoms with Gasteiger partial charge in [-0.1, -0.05) is 12.1 Å². The van der Waals surface area contributed by atoms with Crippen molar-refractivity contribution in [3.63, 3.8) is 0 Å². The summed E-state index contributed by atoms with van der Waals surface area (Å²) in [5.41, 5.74) is -2.12. The van der Waals surface area contributed by atoms with Crippen LogP contribution in [0.3, 0.4) is 0 Å². The van der Waals surface area contributed by atoms with Crippen molar-refractivity contribution in [2.45, 2.75) is 24.7 Å². The summed E-state index contributed by atoms with van der Waals surface area (Å²) >= 11 is 1.18. The summed E-state index contributed by atoms with van der Waals surface area (Å²) in [6, 6.07) is 4.55. The molecule has 0 saturated heterocycles. The van der Waals surface area contributed by atoms with Gasteiger partial charge in [0.25, 0.3) is 0 Å². The first-order valence-electron chi connectivity index (χ1n) is 8.15. The topological polar surface area (TPSA) is 77.2 Å². The van der Waals surface area contributed by atoms with Crippen molar-refractivity contribution < 1.29 is 27.8 Å². The van der Waals surface area contributed by atoms with Crippen LogP contribution in [0.5, 0.6) is 0 Å². The Labute approximate surface area is 162 Å². The van der Waals surface area contributed by atoms with Crippen molar-refractivity contribution in [1.82, 2.24) is 14.5 Å². The molecule has 0 fully saturated rings. The number of hydrogen-bond acceptors (Lipinski definition) is 6. The van der Waals surface area contributed by atoms with Crippen LogP contribution in [0.4, 0.5) is 13.2 Å². The highest BCUT2D eigenvalue weighted by Crippen LogP contribution is 2.31. The number of hydrogen-bond donors (Lipinski definition) is 1. The maximum atomic E-state index is 12.9. The highest BCUT2D eigenvalue weighted by Gasteiger charge is 2.44. The Morgan fingerprint density at radius 1 is 1.29 bits per heavy atom. The molecule has 1 atom stereocenters. The number of nitrogens with zero attached hydrogens (tertiary/aromatic N) is 3. The van der Waals surface area contributed by atoms with Crippen molar-refractivity contribution in [1.29, 1.82) is 0 Å². The molecule has 0 radical (unpaired) electrons. The van der Waals surface area contributed by atoms with Gasteiger partial charge in [-0.25, -0.2) is 9.97 Å². The predicted molar refractivity (Wildman–Crippen MR) is 94.3 cm³/mol. The summed E-state index contributed by atoms with van der Waals surface area (Å²) in [4.78, 5) is 21.0. The van der Waals surface area contributed by atoms with Gasteiger partial charge in [-0.3, -0.25) is 4.79 Å². The number of carbonyl (C=O) groups is 1. The van der Waals surface area contributed by atoms with Crippen LogP contribution in [-0.4, -0.2) is 32.2 Å². The maximum absolute atomic E-state index is 12.9. The molecule has 1 aromatic carbocycles. The second-order valence-corrected chi connectivity index (χ2v) is 6.98. The van der Waals surface area contributed by atoms with Crippen LogP contribution in [-0.2, 0) is 34.3 Å². The van der Waals surface area contributed by atoms with Gasteiger partial charge in [0.1, 0.15) is 11.6 Å². The highest BCUT2D eigenvalue weighted by molar-refractivity contribution is 7.09. The number of imidazole rings is 1. The fraction of sp³-hybridized carbons (Fsp3) is 0.278. The number of esters is 1. The Kier molecular flexibility index (Phi) is 5.80. The van der Waals surface area contributed by atoms with E-state index >= 15 is 0 Å². The second kappa shape index (κ2) is 8.11. The van der Waals surface area contributed by atoms with Crippen molar-refractivity contribution in [2.24, 2.45) is 0 Å². The van der Waals surface area contributed by atoms with E-state index in [0.29, 0.717) is 5.01 Å². The van der Waals surface area contributed by atoms with Gasteiger partial charge in [0.05, 0.1) is 18.5 Å². The van der Waals surface area contributed by atoms with Crippen LogP contribution in [0, 0.1) is 0 Å². The molecule has 0 aliphatic heterocycles. The van der Waals surface area contributed by atoms with Crippen LogP contribution in [0.25, 0.3) is 0 Å². The van der Waals surface area contributed by atoms with Crippen LogP contribution in [0.15, 0.2) is 54.6 Å². The predicted octanol–water partition coefficient (Wildman–Crippen LogP) is 3.03. The first-order chi connectivity index (χ1) is 13.3. The lowest BCUT2D eigenvalue weighted by atomic mass is 9.89. The average Bonchev–Trinajstić information content (AvgIpc) is 3.38. The first kappa shape index (κ1) is 20.0. The molecule has 0 saturated carbocycles. The number of benzene rings is 1. The molecule has 1 unspecified atom stereocenters. The molecule has 0 amide bonds. The lowest BCUT2D eigenvalue weighted by Gasteiger charge is -2.28. The molecule has 28 heavy (non-hydrogen) atoms. The fourth-order valence-corrected chi connectivity index (χ4v) is 3.49. The smallest absolute Gasteiger partial charge is 0.416 e. The second-order valence-electron chi connectivity index (χ2n) is 6.09. The van der Waals surface area contributed by atoms with E-state index in [4.69, 9.17) is 4.74 Å². The summed E-state index contributed by atoms with van der Waals surface area (Å²) in [6.45, 7) is -0.918. The number of aromatic nitrogens is 3. The van der Waals surface area contributed by atoms with Gasteiger partial charge < -0.3 is 14.4 Å². The van der Waals surface area contributed by atoms with Gasteiger partial charge in [0.2, 0.25) is 0 Å². The van der Waals surface area contributed by atoms with Gasteiger partial charge in [0, 0.05) is 30.5 Å². The largest absolute Gasteiger partial charge is 0.460 e. The quantitative estimate of drug-likeness (QED) is 0.605. The zero-order valence-electron chi connectivity index (χ0n) is 14.5. The minimum Gasteiger partial charge on any atom is -0.460 e. The third-order valence-electron chi connectivity index (χ3n) is 4.14. The number of aliphatic hydroxyl groups excluding tert-OH is 1. The van der Waals surface area contributed by atoms with E-state index in [0.717, 1.165) is 12.1 Å². The van der Waals surface area contributed by atoms with Gasteiger partial charge in [0.15, 0.2) is 5.41 Å². The van der Waals surface area contributed by atoms with Crippen LogP contribution in [0.2, 0.25) is 0 Å². The third-order valence-corrected chi connectivity index (χ3v) is 5.12. The van der Waals surface area contributed by atoms with Gasteiger partial charge >= 0.3 is 12.1 Å². The van der Waals surface area contributed by atoms with E-state index in [1.54, 1.807) is 16.1 Å². The van der Waals surface area contributed by atoms with Crippen molar-refractivity contribution >= 4 is 17.3 Å². The molecule has 2 heterocycles. The lowest BCUT2D eigenvalue weighted by molar-refractivity contribution is -0.154. The monoisotopic (exact) mass is 411 g/mol. The van der Waals surface area contributed by atoms with Crippen molar-refractivity contribution in [2.75, 3.05) is 6.61 Å². The molecule has 0 aliphatic carbocycles. The van der Waals surface area contributed by atoms with E-state index in [1.807, 2.05) is 0 Å². The highest BCUT2D eigenvalue weighted by atomic mass is 32.1. The Morgan fingerprint density at radius 3 is 2.71 bits per heavy atom. The summed E-state index contributed by atoms with van der Waals surface area (Å²) in [5.74, 6) is -0.781. The third kappa shape index (κ3) is 4.23. The standard InChI is InChI=1S/C18H16F3N3O3S/c19-18(20,21)14-3-1-2-13(8-14)9-27-16(26)17(11-25,15-23-5-7-28-15)10-24-6-4-22-12-24/h1-8,12,25H,9-11H2. The van der Waals surface area contributed by atoms with Crippen LogP contribution < -0.4 is 0 Å². The number of carbonyl (C=O) groups excluding carboxylic acids is 1. The van der Waals surface area contributed by atoms with Gasteiger partial charge in [-0.05, 0) is 17.7 Å². The van der Waals surface area contributed by atoms with Crippen molar-refractivity contribution in [3.05, 3.63) is 70.7 Å². The molecule has 2 aromatic heterocycles. The summed E-state index contributed by atoms with van der Waals surface area (Å²) < 4.78 is 45.4. The molecule has 3 aromatic rings. The van der Waals surface area contributed by atoms with E-state index in [-0.39, 0.29) is 18.7 Å². The minimum absolute atomic E-state index is 0.0262. The lowest BCUT2D eigenvalue weighted by Crippen LogP contribution is -2.44. The molecule has 0 aliphatic rings. The Hall–Kier alpha value is -2.72. The van der Waals surface area contributed by atoms with Gasteiger partial charge in [-0.2, -0.15) is 13.2 Å². The number of rotatable bonds is 7. The zero-order chi connectivity index (χ0) is 20.2. The number of alkyl halides is 3. The Bertz CT molecular complexity index is 914. The molecule has 10 heteroatoms. The van der Waals surface area contributed by atoms with Gasteiger partial charge in [-0.15, -0.1) is 11.3 Å². The summed E-state index contributed by atoms with van der Waals surface area (Å²) in [5, 5.41) is 12.1. The molecule has 6 nitrogen and oxygen atoms in total. The number of ether oxygens (including phenoxy) is 1. The van der Waals surface area contributed by atoms with E-state index in [2.05, 4.69) is 9.97 Å². The minimum atomic E-state index is -4.49.